The molecule has 0 aliphatic heterocycles. The van der Waals surface area contributed by atoms with Crippen molar-refractivity contribution in [1.29, 1.82) is 0 Å². The first-order valence-electron chi connectivity index (χ1n) is 5.07. The molecule has 0 spiro atoms. The number of para-hydroxylation sites is 1. The van der Waals surface area contributed by atoms with Gasteiger partial charge >= 0.3 is 5.97 Å². The Hall–Kier alpha value is -2.08. The number of aliphatic carboxylic acids is 1. The lowest BCUT2D eigenvalue weighted by atomic mass is 10.2. The first-order valence-corrected chi connectivity index (χ1v) is 5.07. The molecule has 17 heavy (non-hydrogen) atoms. The highest BCUT2D eigenvalue weighted by atomic mass is 16.5. The zero-order chi connectivity index (χ0) is 12.7. The molecule has 0 bridgehead atoms. The number of hydrogen-bond donors (Lipinski definition) is 3. The second-order valence-corrected chi connectivity index (χ2v) is 3.22. The Morgan fingerprint density at radius 2 is 2.06 bits per heavy atom. The zero-order valence-electron chi connectivity index (χ0n) is 9.18. The van der Waals surface area contributed by atoms with E-state index in [9.17, 15) is 9.59 Å². The highest BCUT2D eigenvalue weighted by Crippen LogP contribution is 2.17. The fraction of sp³-hybridized carbons (Fsp3) is 0.273. The van der Waals surface area contributed by atoms with E-state index < -0.39 is 12.6 Å². The number of ether oxygens (including phenoxy) is 1. The van der Waals surface area contributed by atoms with Gasteiger partial charge in [0, 0.05) is 13.1 Å². The Morgan fingerprint density at radius 3 is 2.71 bits per heavy atom. The third-order valence-corrected chi connectivity index (χ3v) is 1.91. The van der Waals surface area contributed by atoms with Crippen LogP contribution in [0.1, 0.15) is 10.4 Å². The van der Waals surface area contributed by atoms with Gasteiger partial charge < -0.3 is 20.9 Å². The minimum Gasteiger partial charge on any atom is -0.481 e. The summed E-state index contributed by atoms with van der Waals surface area (Å²) in [5, 5.41) is 11.1. The lowest BCUT2D eigenvalue weighted by Crippen LogP contribution is -2.29. The first kappa shape index (κ1) is 13.0. The van der Waals surface area contributed by atoms with E-state index in [1.807, 2.05) is 0 Å². The molecule has 1 aromatic rings. The second-order valence-electron chi connectivity index (χ2n) is 3.22. The molecule has 0 aliphatic rings. The van der Waals surface area contributed by atoms with Crippen LogP contribution in [-0.2, 0) is 4.79 Å². The summed E-state index contributed by atoms with van der Waals surface area (Å²) in [6, 6.07) is 6.44. The molecule has 0 fully saturated rings. The van der Waals surface area contributed by atoms with Crippen LogP contribution in [-0.4, -0.2) is 36.7 Å². The van der Waals surface area contributed by atoms with E-state index >= 15 is 0 Å². The summed E-state index contributed by atoms with van der Waals surface area (Å²) in [6.07, 6.45) is 0. The molecule has 1 rings (SSSR count). The minimum absolute atomic E-state index is 0.240. The van der Waals surface area contributed by atoms with Crippen molar-refractivity contribution in [3.05, 3.63) is 29.8 Å². The number of benzene rings is 1. The van der Waals surface area contributed by atoms with Gasteiger partial charge in [-0.15, -0.1) is 0 Å². The summed E-state index contributed by atoms with van der Waals surface area (Å²) in [6.45, 7) is 0.206. The van der Waals surface area contributed by atoms with Crippen LogP contribution >= 0.6 is 0 Å². The summed E-state index contributed by atoms with van der Waals surface area (Å²) >= 11 is 0. The van der Waals surface area contributed by atoms with Crippen LogP contribution in [0.3, 0.4) is 0 Å². The molecule has 6 heteroatoms. The molecular weight excluding hydrogens is 224 g/mol. The predicted octanol–water partition coefficient (Wildman–Crippen LogP) is -0.162. The van der Waals surface area contributed by atoms with Crippen molar-refractivity contribution in [2.24, 2.45) is 5.73 Å². The Bertz CT molecular complexity index is 406. The lowest BCUT2D eigenvalue weighted by Gasteiger charge is -2.09. The van der Waals surface area contributed by atoms with Gasteiger partial charge in [0.15, 0.2) is 6.61 Å². The molecular formula is C11H14N2O4. The summed E-state index contributed by atoms with van der Waals surface area (Å²) in [4.78, 5) is 22.1. The van der Waals surface area contributed by atoms with Gasteiger partial charge in [-0.3, -0.25) is 4.79 Å². The lowest BCUT2D eigenvalue weighted by molar-refractivity contribution is -0.139. The van der Waals surface area contributed by atoms with Crippen molar-refractivity contribution >= 4 is 11.9 Å². The van der Waals surface area contributed by atoms with Gasteiger partial charge in [-0.25, -0.2) is 4.79 Å². The average molecular weight is 238 g/mol. The van der Waals surface area contributed by atoms with Crippen molar-refractivity contribution in [2.45, 2.75) is 0 Å². The summed E-state index contributed by atoms with van der Waals surface area (Å²) in [7, 11) is 0. The molecule has 1 aromatic carbocycles. The van der Waals surface area contributed by atoms with Crippen molar-refractivity contribution in [3.63, 3.8) is 0 Å². The summed E-state index contributed by atoms with van der Waals surface area (Å²) in [5.74, 6) is -1.19. The van der Waals surface area contributed by atoms with Crippen LogP contribution < -0.4 is 15.8 Å². The van der Waals surface area contributed by atoms with Gasteiger partial charge in [0.25, 0.3) is 5.91 Å². The molecule has 92 valence electrons. The Labute approximate surface area is 98.4 Å². The maximum absolute atomic E-state index is 11.7. The number of rotatable bonds is 6. The highest BCUT2D eigenvalue weighted by molar-refractivity contribution is 5.96. The van der Waals surface area contributed by atoms with E-state index in [2.05, 4.69) is 5.32 Å². The molecule has 0 aromatic heterocycles. The normalized spacial score (nSPS) is 9.71. The number of nitrogens with two attached hydrogens (primary N) is 1. The smallest absolute Gasteiger partial charge is 0.341 e. The number of nitrogens with one attached hydrogen (secondary N) is 1. The van der Waals surface area contributed by atoms with E-state index in [-0.39, 0.29) is 11.7 Å². The molecule has 0 heterocycles. The Morgan fingerprint density at radius 1 is 1.35 bits per heavy atom. The molecule has 0 saturated heterocycles. The summed E-state index contributed by atoms with van der Waals surface area (Å²) in [5.41, 5.74) is 5.56. The largest absolute Gasteiger partial charge is 0.481 e. The van der Waals surface area contributed by atoms with Crippen molar-refractivity contribution < 1.29 is 19.4 Å². The summed E-state index contributed by atoms with van der Waals surface area (Å²) < 4.78 is 5.01. The van der Waals surface area contributed by atoms with Gasteiger partial charge in [-0.05, 0) is 12.1 Å². The molecule has 1 amide bonds. The second kappa shape index (κ2) is 6.49. The van der Waals surface area contributed by atoms with Crippen LogP contribution in [0.4, 0.5) is 0 Å². The van der Waals surface area contributed by atoms with Crippen LogP contribution in [0.15, 0.2) is 24.3 Å². The standard InChI is InChI=1S/C11H14N2O4/c12-5-6-13-11(16)8-3-1-2-4-9(8)17-7-10(14)15/h1-4H,5-7,12H2,(H,13,16)(H,14,15). The van der Waals surface area contributed by atoms with E-state index in [0.29, 0.717) is 18.7 Å². The molecule has 0 aliphatic carbocycles. The number of hydrogen-bond acceptors (Lipinski definition) is 4. The average Bonchev–Trinajstić information content (AvgIpc) is 2.33. The minimum atomic E-state index is -1.10. The Balaban J connectivity index is 2.76. The number of carbonyl (C=O) groups is 2. The third-order valence-electron chi connectivity index (χ3n) is 1.91. The topological polar surface area (TPSA) is 102 Å². The van der Waals surface area contributed by atoms with Crippen LogP contribution in [0.5, 0.6) is 5.75 Å². The quantitative estimate of drug-likeness (QED) is 0.639. The number of amides is 1. The van der Waals surface area contributed by atoms with Crippen molar-refractivity contribution in [3.8, 4) is 5.75 Å². The third kappa shape index (κ3) is 4.12. The molecule has 4 N–H and O–H groups in total. The zero-order valence-corrected chi connectivity index (χ0v) is 9.18. The van der Waals surface area contributed by atoms with E-state index in [1.54, 1.807) is 24.3 Å². The van der Waals surface area contributed by atoms with E-state index in [1.165, 1.54) is 0 Å². The Kier molecular flexibility index (Phi) is 4.96. The molecule has 0 unspecified atom stereocenters. The van der Waals surface area contributed by atoms with Crippen molar-refractivity contribution in [1.82, 2.24) is 5.32 Å². The van der Waals surface area contributed by atoms with Crippen LogP contribution in [0.2, 0.25) is 0 Å². The van der Waals surface area contributed by atoms with Crippen molar-refractivity contribution in [2.75, 3.05) is 19.7 Å². The maximum atomic E-state index is 11.7. The fourth-order valence-electron chi connectivity index (χ4n) is 1.20. The maximum Gasteiger partial charge on any atom is 0.341 e. The van der Waals surface area contributed by atoms with Gasteiger partial charge in [-0.2, -0.15) is 0 Å². The number of carboxylic acid groups (broad SMARTS) is 1. The van der Waals surface area contributed by atoms with Gasteiger partial charge in [0.1, 0.15) is 5.75 Å². The van der Waals surface area contributed by atoms with Crippen LogP contribution in [0, 0.1) is 0 Å². The van der Waals surface area contributed by atoms with Crippen LogP contribution in [0.25, 0.3) is 0 Å². The van der Waals surface area contributed by atoms with Gasteiger partial charge in [0.2, 0.25) is 0 Å². The SMILES string of the molecule is NCCNC(=O)c1ccccc1OCC(=O)O. The van der Waals surface area contributed by atoms with Gasteiger partial charge in [0.05, 0.1) is 5.56 Å². The molecule has 0 atom stereocenters. The molecule has 6 nitrogen and oxygen atoms in total. The van der Waals surface area contributed by atoms with E-state index in [0.717, 1.165) is 0 Å². The highest BCUT2D eigenvalue weighted by Gasteiger charge is 2.12. The number of carboxylic acids is 1. The fourth-order valence-corrected chi connectivity index (χ4v) is 1.20. The monoisotopic (exact) mass is 238 g/mol. The number of carbonyl (C=O) groups excluding carboxylic acids is 1. The molecule has 0 radical (unpaired) electrons. The van der Waals surface area contributed by atoms with Gasteiger partial charge in [-0.1, -0.05) is 12.1 Å². The molecule has 0 saturated carbocycles. The predicted molar refractivity (Wildman–Crippen MR) is 61.0 cm³/mol. The first-order chi connectivity index (χ1) is 8.15. The van der Waals surface area contributed by atoms with E-state index in [4.69, 9.17) is 15.6 Å².